The molecule has 0 bridgehead atoms. The summed E-state index contributed by atoms with van der Waals surface area (Å²) >= 11 is 6.30. The van der Waals surface area contributed by atoms with E-state index in [-0.39, 0.29) is 0 Å². The molecule has 28 heavy (non-hydrogen) atoms. The average molecular weight is 399 g/mol. The van der Waals surface area contributed by atoms with E-state index in [1.807, 2.05) is 30.0 Å². The van der Waals surface area contributed by atoms with Crippen molar-refractivity contribution in [2.75, 3.05) is 18.0 Å². The second-order valence-corrected chi connectivity index (χ2v) is 7.56. The van der Waals surface area contributed by atoms with E-state index in [9.17, 15) is 4.39 Å². The van der Waals surface area contributed by atoms with Crippen LogP contribution in [-0.4, -0.2) is 39.8 Å². The van der Waals surface area contributed by atoms with Crippen LogP contribution in [0.5, 0.6) is 0 Å². The highest BCUT2D eigenvalue weighted by atomic mass is 35.5. The van der Waals surface area contributed by atoms with Crippen LogP contribution >= 0.6 is 11.6 Å². The lowest BCUT2D eigenvalue weighted by molar-refractivity contribution is 0.243. The third kappa shape index (κ3) is 3.41. The molecule has 0 saturated carbocycles. The molecule has 1 aliphatic heterocycles. The van der Waals surface area contributed by atoms with Crippen molar-refractivity contribution in [3.8, 4) is 6.07 Å². The minimum Gasteiger partial charge on any atom is -0.340 e. The monoisotopic (exact) mass is 398 g/mol. The number of halogens is 2. The first-order chi connectivity index (χ1) is 13.5. The van der Waals surface area contributed by atoms with Crippen molar-refractivity contribution in [2.24, 2.45) is 5.73 Å². The average Bonchev–Trinajstić information content (AvgIpc) is 3.02. The largest absolute Gasteiger partial charge is 0.340 e. The number of nitriles is 1. The van der Waals surface area contributed by atoms with Gasteiger partial charge < -0.3 is 15.2 Å². The van der Waals surface area contributed by atoms with Crippen LogP contribution in [0.4, 0.5) is 10.3 Å². The molecule has 0 radical (unpaired) electrons. The minimum absolute atomic E-state index is 0.374. The molecule has 0 spiro atoms. The second-order valence-electron chi connectivity index (χ2n) is 7.15. The molecule has 3 aromatic rings. The summed E-state index contributed by atoms with van der Waals surface area (Å²) in [5.41, 5.74) is 9.94. The van der Waals surface area contributed by atoms with Gasteiger partial charge in [-0.1, -0.05) is 11.6 Å². The van der Waals surface area contributed by atoms with E-state index >= 15 is 0 Å². The van der Waals surface area contributed by atoms with Gasteiger partial charge in [-0.25, -0.2) is 9.37 Å². The van der Waals surface area contributed by atoms with Crippen LogP contribution in [0.1, 0.15) is 23.2 Å². The number of alkyl halides is 1. The molecular weight excluding hydrogens is 379 g/mol. The Morgan fingerprint density at radius 2 is 2.21 bits per heavy atom. The molecule has 3 heterocycles. The van der Waals surface area contributed by atoms with E-state index in [1.54, 1.807) is 12.3 Å². The molecule has 1 aromatic carbocycles. The number of nitrogens with two attached hydrogens (primary N) is 1. The first kappa shape index (κ1) is 18.7. The van der Waals surface area contributed by atoms with Gasteiger partial charge in [0.15, 0.2) is 0 Å². The molecule has 2 aromatic heterocycles. The summed E-state index contributed by atoms with van der Waals surface area (Å²) in [6, 6.07) is 8.95. The minimum atomic E-state index is -0.994. The Morgan fingerprint density at radius 1 is 1.39 bits per heavy atom. The summed E-state index contributed by atoms with van der Waals surface area (Å²) < 4.78 is 15.9. The van der Waals surface area contributed by atoms with Crippen molar-refractivity contribution in [1.82, 2.24) is 14.5 Å². The first-order valence-corrected chi connectivity index (χ1v) is 9.50. The molecule has 0 unspecified atom stereocenters. The molecule has 8 heteroatoms. The highest BCUT2D eigenvalue weighted by molar-refractivity contribution is 6.32. The molecule has 4 rings (SSSR count). The van der Waals surface area contributed by atoms with Crippen LogP contribution < -0.4 is 10.6 Å². The van der Waals surface area contributed by atoms with Gasteiger partial charge in [0.2, 0.25) is 5.95 Å². The summed E-state index contributed by atoms with van der Waals surface area (Å²) in [6.07, 6.45) is 0.936. The van der Waals surface area contributed by atoms with Crippen molar-refractivity contribution in [3.63, 3.8) is 0 Å². The molecule has 6 nitrogen and oxygen atoms in total. The highest BCUT2D eigenvalue weighted by Crippen LogP contribution is 2.30. The van der Waals surface area contributed by atoms with Crippen LogP contribution in [0, 0.1) is 18.3 Å². The maximum absolute atomic E-state index is 13.9. The number of benzene rings is 1. The number of nitrogens with zero attached hydrogens (tertiary/aromatic N) is 5. The number of aryl methyl sites for hydroxylation is 1. The Labute approximate surface area is 167 Å². The second kappa shape index (κ2) is 7.38. The van der Waals surface area contributed by atoms with Crippen molar-refractivity contribution in [3.05, 3.63) is 52.3 Å². The topological polar surface area (TPSA) is 83.8 Å². The lowest BCUT2D eigenvalue weighted by atomic mass is 10.1. The van der Waals surface area contributed by atoms with Crippen molar-refractivity contribution < 1.29 is 4.39 Å². The lowest BCUT2D eigenvalue weighted by Gasteiger charge is -2.34. The standard InChI is InChI=1S/C20H20ClFN6/c1-12-6-19-18(7-15(12)21)26-20(27-5-4-16(22)17(24)11-27)28(19)10-14-3-2-13(8-23)9-25-14/h2-3,6-7,9,16-17H,4-5,10-11,24H2,1H3/t16-,17-/m1/s1. The summed E-state index contributed by atoms with van der Waals surface area (Å²) in [6.45, 7) is 3.37. The lowest BCUT2D eigenvalue weighted by Crippen LogP contribution is -2.50. The van der Waals surface area contributed by atoms with Gasteiger partial charge in [-0.05, 0) is 43.2 Å². The Morgan fingerprint density at radius 3 is 2.89 bits per heavy atom. The Kier molecular flexibility index (Phi) is 4.92. The summed E-state index contributed by atoms with van der Waals surface area (Å²) in [7, 11) is 0. The number of hydrogen-bond donors (Lipinski definition) is 1. The Bertz CT molecular complexity index is 1060. The first-order valence-electron chi connectivity index (χ1n) is 9.12. The third-order valence-electron chi connectivity index (χ3n) is 5.14. The van der Waals surface area contributed by atoms with Gasteiger partial charge in [0.25, 0.3) is 0 Å². The smallest absolute Gasteiger partial charge is 0.206 e. The molecule has 0 amide bonds. The maximum Gasteiger partial charge on any atom is 0.206 e. The maximum atomic E-state index is 13.9. The number of imidazole rings is 1. The quantitative estimate of drug-likeness (QED) is 0.732. The van der Waals surface area contributed by atoms with Crippen LogP contribution in [0.2, 0.25) is 5.02 Å². The molecular formula is C20H20ClFN6. The van der Waals surface area contributed by atoms with Crippen LogP contribution in [-0.2, 0) is 6.54 Å². The predicted octanol–water partition coefficient (Wildman–Crippen LogP) is 3.19. The summed E-state index contributed by atoms with van der Waals surface area (Å²) in [5.74, 6) is 0.727. The molecule has 2 N–H and O–H groups in total. The molecule has 1 saturated heterocycles. The fourth-order valence-electron chi connectivity index (χ4n) is 3.52. The van der Waals surface area contributed by atoms with Gasteiger partial charge in [0, 0.05) is 24.3 Å². The molecule has 1 fully saturated rings. The molecule has 1 aliphatic rings. The fourth-order valence-corrected chi connectivity index (χ4v) is 3.67. The van der Waals surface area contributed by atoms with Crippen LogP contribution in [0.25, 0.3) is 11.0 Å². The zero-order chi connectivity index (χ0) is 19.8. The summed E-state index contributed by atoms with van der Waals surface area (Å²) in [4.78, 5) is 11.2. The number of anilines is 1. The van der Waals surface area contributed by atoms with E-state index in [0.29, 0.717) is 36.6 Å². The molecule has 0 aliphatic carbocycles. The van der Waals surface area contributed by atoms with E-state index in [0.717, 1.165) is 28.2 Å². The predicted molar refractivity (Wildman–Crippen MR) is 107 cm³/mol. The van der Waals surface area contributed by atoms with Crippen molar-refractivity contribution in [1.29, 1.82) is 5.26 Å². The fraction of sp³-hybridized carbons (Fsp3) is 0.350. The van der Waals surface area contributed by atoms with Gasteiger partial charge in [-0.2, -0.15) is 5.26 Å². The zero-order valence-corrected chi connectivity index (χ0v) is 16.2. The number of hydrogen-bond acceptors (Lipinski definition) is 5. The number of pyridine rings is 1. The number of piperidine rings is 1. The number of aromatic nitrogens is 3. The van der Waals surface area contributed by atoms with E-state index < -0.39 is 12.2 Å². The molecule has 144 valence electrons. The summed E-state index contributed by atoms with van der Waals surface area (Å²) in [5, 5.41) is 9.63. The van der Waals surface area contributed by atoms with Gasteiger partial charge in [-0.15, -0.1) is 0 Å². The van der Waals surface area contributed by atoms with Crippen LogP contribution in [0.15, 0.2) is 30.5 Å². The van der Waals surface area contributed by atoms with Gasteiger partial charge in [0.05, 0.1) is 34.9 Å². The Hall–Kier alpha value is -2.69. The van der Waals surface area contributed by atoms with Crippen LogP contribution in [0.3, 0.4) is 0 Å². The highest BCUT2D eigenvalue weighted by Gasteiger charge is 2.29. The number of fused-ring (bicyclic) bond motifs is 1. The Balaban J connectivity index is 1.79. The third-order valence-corrected chi connectivity index (χ3v) is 5.54. The number of rotatable bonds is 3. The molecule has 2 atom stereocenters. The van der Waals surface area contributed by atoms with E-state index in [4.69, 9.17) is 27.6 Å². The normalized spacial score (nSPS) is 19.8. The van der Waals surface area contributed by atoms with Gasteiger partial charge in [0.1, 0.15) is 12.2 Å². The van der Waals surface area contributed by atoms with Gasteiger partial charge >= 0.3 is 0 Å². The SMILES string of the molecule is Cc1cc2c(cc1Cl)nc(N1CC[C@@H](F)[C@H](N)C1)n2Cc1ccc(C#N)cn1. The van der Waals surface area contributed by atoms with Crippen molar-refractivity contribution >= 4 is 28.6 Å². The van der Waals surface area contributed by atoms with Gasteiger partial charge in [-0.3, -0.25) is 4.98 Å². The van der Waals surface area contributed by atoms with E-state index in [2.05, 4.69) is 15.6 Å². The van der Waals surface area contributed by atoms with E-state index in [1.165, 1.54) is 0 Å². The van der Waals surface area contributed by atoms with Crippen molar-refractivity contribution in [2.45, 2.75) is 32.1 Å². The zero-order valence-electron chi connectivity index (χ0n) is 15.4.